The molecule has 2 nitrogen and oxygen atoms in total. The maximum absolute atomic E-state index is 13.1. The highest BCUT2D eigenvalue weighted by Crippen LogP contribution is 2.33. The quantitative estimate of drug-likeness (QED) is 0.610. The summed E-state index contributed by atoms with van der Waals surface area (Å²) in [5.41, 5.74) is -1.29. The SMILES string of the molecule is Fc1ccc(OCCCCNC2CC2)cc1C(F)(F)F. The van der Waals surface area contributed by atoms with Crippen LogP contribution in [0, 0.1) is 5.82 Å². The molecular weight excluding hydrogens is 274 g/mol. The molecule has 0 atom stereocenters. The average Bonchev–Trinajstić information content (AvgIpc) is 3.18. The van der Waals surface area contributed by atoms with Gasteiger partial charge in [-0.05, 0) is 50.4 Å². The van der Waals surface area contributed by atoms with E-state index in [1.54, 1.807) is 0 Å². The number of rotatable bonds is 7. The molecule has 0 saturated heterocycles. The molecule has 0 radical (unpaired) electrons. The Bertz CT molecular complexity index is 443. The summed E-state index contributed by atoms with van der Waals surface area (Å²) in [6.07, 6.45) is -0.585. The van der Waals surface area contributed by atoms with Crippen molar-refractivity contribution in [1.82, 2.24) is 5.32 Å². The third kappa shape index (κ3) is 4.67. The van der Waals surface area contributed by atoms with Gasteiger partial charge in [0.25, 0.3) is 0 Å². The maximum atomic E-state index is 13.1. The lowest BCUT2D eigenvalue weighted by Crippen LogP contribution is -2.18. The zero-order valence-electron chi connectivity index (χ0n) is 11.0. The van der Waals surface area contributed by atoms with Gasteiger partial charge in [0.1, 0.15) is 11.6 Å². The lowest BCUT2D eigenvalue weighted by Gasteiger charge is -2.11. The number of unbranched alkanes of at least 4 members (excludes halogenated alkanes) is 1. The first kappa shape index (κ1) is 15.1. The number of nitrogens with one attached hydrogen (secondary N) is 1. The molecule has 0 amide bonds. The number of hydrogen-bond acceptors (Lipinski definition) is 2. The fraction of sp³-hybridized carbons (Fsp3) is 0.571. The summed E-state index contributed by atoms with van der Waals surface area (Å²) in [4.78, 5) is 0. The molecule has 1 N–H and O–H groups in total. The van der Waals surface area contributed by atoms with Crippen LogP contribution in [-0.2, 0) is 6.18 Å². The fourth-order valence-corrected chi connectivity index (χ4v) is 1.82. The van der Waals surface area contributed by atoms with Crippen molar-refractivity contribution in [2.75, 3.05) is 13.2 Å². The number of alkyl halides is 3. The minimum Gasteiger partial charge on any atom is -0.494 e. The second-order valence-corrected chi connectivity index (χ2v) is 4.92. The van der Waals surface area contributed by atoms with E-state index in [-0.39, 0.29) is 5.75 Å². The third-order valence-electron chi connectivity index (χ3n) is 3.09. The van der Waals surface area contributed by atoms with Crippen molar-refractivity contribution in [2.45, 2.75) is 37.9 Å². The first-order chi connectivity index (χ1) is 9.47. The van der Waals surface area contributed by atoms with Gasteiger partial charge in [-0.1, -0.05) is 0 Å². The van der Waals surface area contributed by atoms with Crippen molar-refractivity contribution in [1.29, 1.82) is 0 Å². The Kier molecular flexibility index (Phi) is 4.86. The first-order valence-electron chi connectivity index (χ1n) is 6.70. The van der Waals surface area contributed by atoms with Crippen LogP contribution in [0.4, 0.5) is 17.6 Å². The molecule has 6 heteroatoms. The first-order valence-corrected chi connectivity index (χ1v) is 6.70. The Morgan fingerprint density at radius 3 is 2.60 bits per heavy atom. The highest BCUT2D eigenvalue weighted by atomic mass is 19.4. The maximum Gasteiger partial charge on any atom is 0.419 e. The lowest BCUT2D eigenvalue weighted by molar-refractivity contribution is -0.140. The molecule has 1 aromatic carbocycles. The molecule has 0 unspecified atom stereocenters. The predicted molar refractivity (Wildman–Crippen MR) is 67.2 cm³/mol. The van der Waals surface area contributed by atoms with E-state index in [1.807, 2.05) is 0 Å². The molecule has 0 spiro atoms. The van der Waals surface area contributed by atoms with Crippen LogP contribution >= 0.6 is 0 Å². The lowest BCUT2D eigenvalue weighted by atomic mass is 10.2. The third-order valence-corrected chi connectivity index (χ3v) is 3.09. The molecule has 0 aromatic heterocycles. The van der Waals surface area contributed by atoms with Gasteiger partial charge < -0.3 is 10.1 Å². The van der Waals surface area contributed by atoms with Crippen LogP contribution in [0.25, 0.3) is 0 Å². The van der Waals surface area contributed by atoms with Gasteiger partial charge >= 0.3 is 6.18 Å². The van der Waals surface area contributed by atoms with Crippen LogP contribution in [-0.4, -0.2) is 19.2 Å². The summed E-state index contributed by atoms with van der Waals surface area (Å²) >= 11 is 0. The molecule has 0 heterocycles. The summed E-state index contributed by atoms with van der Waals surface area (Å²) < 4.78 is 55.8. The fourth-order valence-electron chi connectivity index (χ4n) is 1.82. The predicted octanol–water partition coefficient (Wildman–Crippen LogP) is 3.76. The normalized spacial score (nSPS) is 15.4. The highest BCUT2D eigenvalue weighted by Gasteiger charge is 2.34. The van der Waals surface area contributed by atoms with Gasteiger partial charge in [0.05, 0.1) is 12.2 Å². The van der Waals surface area contributed by atoms with Gasteiger partial charge in [-0.3, -0.25) is 0 Å². The van der Waals surface area contributed by atoms with Crippen LogP contribution in [0.5, 0.6) is 5.75 Å². The Morgan fingerprint density at radius 1 is 1.20 bits per heavy atom. The van der Waals surface area contributed by atoms with Crippen molar-refractivity contribution in [3.05, 3.63) is 29.6 Å². The monoisotopic (exact) mass is 291 g/mol. The molecule has 1 aromatic rings. The molecule has 1 aliphatic rings. The van der Waals surface area contributed by atoms with E-state index >= 15 is 0 Å². The number of ether oxygens (including phenoxy) is 1. The van der Waals surface area contributed by atoms with E-state index in [0.717, 1.165) is 25.5 Å². The van der Waals surface area contributed by atoms with E-state index < -0.39 is 17.6 Å². The summed E-state index contributed by atoms with van der Waals surface area (Å²) in [6.45, 7) is 1.22. The van der Waals surface area contributed by atoms with E-state index in [1.165, 1.54) is 18.9 Å². The van der Waals surface area contributed by atoms with Crippen LogP contribution < -0.4 is 10.1 Å². The summed E-state index contributed by atoms with van der Waals surface area (Å²) in [5, 5.41) is 3.34. The number of halogens is 4. The van der Waals surface area contributed by atoms with E-state index in [0.29, 0.717) is 18.7 Å². The molecule has 0 aliphatic heterocycles. The van der Waals surface area contributed by atoms with Crippen LogP contribution in [0.15, 0.2) is 18.2 Å². The Balaban J connectivity index is 1.74. The van der Waals surface area contributed by atoms with Crippen molar-refractivity contribution in [3.63, 3.8) is 0 Å². The van der Waals surface area contributed by atoms with Crippen LogP contribution in [0.3, 0.4) is 0 Å². The second-order valence-electron chi connectivity index (χ2n) is 4.92. The summed E-state index contributed by atoms with van der Waals surface area (Å²) in [6, 6.07) is 3.36. The van der Waals surface area contributed by atoms with Gasteiger partial charge in [-0.2, -0.15) is 13.2 Å². The largest absolute Gasteiger partial charge is 0.494 e. The van der Waals surface area contributed by atoms with Gasteiger partial charge in [-0.25, -0.2) is 4.39 Å². The molecule has 20 heavy (non-hydrogen) atoms. The van der Waals surface area contributed by atoms with Gasteiger partial charge in [0, 0.05) is 6.04 Å². The van der Waals surface area contributed by atoms with Crippen molar-refractivity contribution < 1.29 is 22.3 Å². The highest BCUT2D eigenvalue weighted by molar-refractivity contribution is 5.31. The Labute approximate surface area is 115 Å². The second kappa shape index (κ2) is 6.43. The van der Waals surface area contributed by atoms with Crippen molar-refractivity contribution in [2.24, 2.45) is 0 Å². The van der Waals surface area contributed by atoms with Gasteiger partial charge in [0.15, 0.2) is 0 Å². The summed E-state index contributed by atoms with van der Waals surface area (Å²) in [5.74, 6) is -1.23. The molecule has 1 fully saturated rings. The molecule has 1 aliphatic carbocycles. The molecular formula is C14H17F4NO. The van der Waals surface area contributed by atoms with E-state index in [4.69, 9.17) is 4.74 Å². The number of benzene rings is 1. The van der Waals surface area contributed by atoms with E-state index in [2.05, 4.69) is 5.32 Å². The zero-order valence-corrected chi connectivity index (χ0v) is 11.0. The van der Waals surface area contributed by atoms with E-state index in [9.17, 15) is 17.6 Å². The number of hydrogen-bond donors (Lipinski definition) is 1. The molecule has 112 valence electrons. The van der Waals surface area contributed by atoms with Crippen LogP contribution in [0.2, 0.25) is 0 Å². The molecule has 1 saturated carbocycles. The van der Waals surface area contributed by atoms with Gasteiger partial charge in [-0.15, -0.1) is 0 Å². The standard InChI is InChI=1S/C14H17F4NO/c15-13-6-5-11(9-12(13)14(16,17)18)20-8-2-1-7-19-10-3-4-10/h5-6,9-10,19H,1-4,7-8H2. The van der Waals surface area contributed by atoms with Crippen molar-refractivity contribution in [3.8, 4) is 5.75 Å². The van der Waals surface area contributed by atoms with Crippen molar-refractivity contribution >= 4 is 0 Å². The average molecular weight is 291 g/mol. The summed E-state index contributed by atoms with van der Waals surface area (Å²) in [7, 11) is 0. The topological polar surface area (TPSA) is 21.3 Å². The smallest absolute Gasteiger partial charge is 0.419 e. The molecule has 0 bridgehead atoms. The van der Waals surface area contributed by atoms with Crippen LogP contribution in [0.1, 0.15) is 31.2 Å². The Morgan fingerprint density at radius 2 is 1.95 bits per heavy atom. The zero-order chi connectivity index (χ0) is 14.6. The minimum absolute atomic E-state index is 0.0499. The van der Waals surface area contributed by atoms with Gasteiger partial charge in [0.2, 0.25) is 0 Å². The minimum atomic E-state index is -4.70. The molecule has 2 rings (SSSR count). The Hall–Kier alpha value is -1.30.